The molecule has 3 N–H and O–H groups in total. The molecule has 1 heterocycles. The van der Waals surface area contributed by atoms with Gasteiger partial charge in [0.05, 0.1) is 17.6 Å². The lowest BCUT2D eigenvalue weighted by Crippen LogP contribution is -2.15. The second-order valence-corrected chi connectivity index (χ2v) is 6.99. The number of carbonyl (C=O) groups is 1. The molecule has 0 fully saturated rings. The minimum Gasteiger partial charge on any atom is -0.337 e. The average Bonchev–Trinajstić information content (AvgIpc) is 3.08. The summed E-state index contributed by atoms with van der Waals surface area (Å²) in [5, 5.41) is 5.68. The van der Waals surface area contributed by atoms with Crippen LogP contribution in [0.4, 0.5) is 5.69 Å². The third-order valence-electron chi connectivity index (χ3n) is 4.16. The van der Waals surface area contributed by atoms with E-state index in [1.807, 2.05) is 72.8 Å². The van der Waals surface area contributed by atoms with E-state index in [1.165, 1.54) is 16.4 Å². The Labute approximate surface area is 161 Å². The van der Waals surface area contributed by atoms with Gasteiger partial charge in [-0.15, -0.1) is 0 Å². The smallest absolute Gasteiger partial charge is 0.234 e. The van der Waals surface area contributed by atoms with Crippen molar-refractivity contribution in [1.29, 1.82) is 0 Å². The van der Waals surface area contributed by atoms with Crippen LogP contribution in [0.2, 0.25) is 0 Å². The summed E-state index contributed by atoms with van der Waals surface area (Å²) in [6.45, 7) is 0. The normalized spacial score (nSPS) is 10.8. The van der Waals surface area contributed by atoms with Crippen molar-refractivity contribution in [3.05, 3.63) is 79.0 Å². The van der Waals surface area contributed by atoms with E-state index in [1.54, 1.807) is 6.20 Å². The number of anilines is 1. The van der Waals surface area contributed by atoms with Gasteiger partial charge in [0.25, 0.3) is 0 Å². The number of carbonyl (C=O) groups excluding carboxylic acids is 1. The molecule has 0 saturated heterocycles. The van der Waals surface area contributed by atoms with Crippen molar-refractivity contribution >= 4 is 34.1 Å². The van der Waals surface area contributed by atoms with Gasteiger partial charge in [-0.3, -0.25) is 4.79 Å². The highest BCUT2D eigenvalue weighted by molar-refractivity contribution is 7.99. The number of nitrogen functional groups attached to an aromatic ring is 1. The molecule has 6 heteroatoms. The zero-order valence-corrected chi connectivity index (χ0v) is 15.3. The predicted molar refractivity (Wildman–Crippen MR) is 111 cm³/mol. The zero-order valence-electron chi connectivity index (χ0n) is 14.5. The lowest BCUT2D eigenvalue weighted by molar-refractivity contribution is -0.113. The maximum Gasteiger partial charge on any atom is 0.234 e. The van der Waals surface area contributed by atoms with Crippen molar-refractivity contribution in [2.75, 3.05) is 16.9 Å². The molecule has 134 valence electrons. The molecule has 0 saturated carbocycles. The summed E-state index contributed by atoms with van der Waals surface area (Å²) in [6.07, 6.45) is 1.76. The second kappa shape index (κ2) is 7.55. The fourth-order valence-electron chi connectivity index (χ4n) is 2.88. The van der Waals surface area contributed by atoms with Crippen LogP contribution < -0.4 is 11.2 Å². The summed E-state index contributed by atoms with van der Waals surface area (Å²) in [5.74, 6) is 6.12. The molecular weight excluding hydrogens is 356 g/mol. The maximum absolute atomic E-state index is 12.4. The molecule has 1 aromatic heterocycles. The third-order valence-corrected chi connectivity index (χ3v) is 5.13. The Morgan fingerprint density at radius 3 is 2.59 bits per heavy atom. The van der Waals surface area contributed by atoms with E-state index in [-0.39, 0.29) is 11.7 Å². The molecule has 0 radical (unpaired) electrons. The minimum atomic E-state index is -0.0967. The molecule has 0 unspecified atom stereocenters. The van der Waals surface area contributed by atoms with E-state index in [4.69, 9.17) is 5.84 Å². The fourth-order valence-corrected chi connectivity index (χ4v) is 3.58. The number of amides is 1. The van der Waals surface area contributed by atoms with Crippen LogP contribution in [-0.2, 0) is 4.79 Å². The number of thioether (sulfide) groups is 1. The number of rotatable bonds is 5. The number of hydrogen-bond acceptors (Lipinski definition) is 4. The molecule has 27 heavy (non-hydrogen) atoms. The van der Waals surface area contributed by atoms with E-state index < -0.39 is 0 Å². The summed E-state index contributed by atoms with van der Waals surface area (Å²) >= 11 is 1.31. The molecule has 0 aliphatic carbocycles. The van der Waals surface area contributed by atoms with Crippen molar-refractivity contribution in [2.45, 2.75) is 5.16 Å². The van der Waals surface area contributed by atoms with Gasteiger partial charge in [-0.25, -0.2) is 9.66 Å². The maximum atomic E-state index is 12.4. The lowest BCUT2D eigenvalue weighted by atomic mass is 10.1. The van der Waals surface area contributed by atoms with E-state index >= 15 is 0 Å². The quantitative estimate of drug-likeness (QED) is 0.407. The fraction of sp³-hybridized carbons (Fsp3) is 0.0476. The van der Waals surface area contributed by atoms with Crippen LogP contribution >= 0.6 is 11.8 Å². The number of nitrogens with one attached hydrogen (secondary N) is 1. The van der Waals surface area contributed by atoms with E-state index in [0.717, 1.165) is 27.7 Å². The molecule has 5 nitrogen and oxygen atoms in total. The summed E-state index contributed by atoms with van der Waals surface area (Å²) in [5.41, 5.74) is 2.58. The Bertz CT molecular complexity index is 1090. The van der Waals surface area contributed by atoms with Crippen LogP contribution in [0.25, 0.3) is 22.0 Å². The summed E-state index contributed by atoms with van der Waals surface area (Å²) in [6, 6.07) is 23.6. The first kappa shape index (κ1) is 17.2. The number of aromatic nitrogens is 2. The summed E-state index contributed by atoms with van der Waals surface area (Å²) < 4.78 is 1.46. The van der Waals surface area contributed by atoms with Gasteiger partial charge in [-0.2, -0.15) is 0 Å². The number of fused-ring (bicyclic) bond motifs is 1. The molecule has 0 aliphatic heterocycles. The Morgan fingerprint density at radius 2 is 1.74 bits per heavy atom. The van der Waals surface area contributed by atoms with Gasteiger partial charge in [0.2, 0.25) is 5.91 Å². The SMILES string of the molecule is Nn1cc(-c2ccccc2)nc1SCC(=O)Nc1cccc2ccccc12. The number of benzene rings is 3. The topological polar surface area (TPSA) is 72.9 Å². The molecule has 0 bridgehead atoms. The second-order valence-electron chi connectivity index (χ2n) is 6.05. The summed E-state index contributed by atoms with van der Waals surface area (Å²) in [7, 11) is 0. The predicted octanol–water partition coefficient (Wildman–Crippen LogP) is 4.15. The van der Waals surface area contributed by atoms with E-state index in [0.29, 0.717) is 5.16 Å². The molecule has 1 amide bonds. The molecule has 4 aromatic rings. The van der Waals surface area contributed by atoms with Gasteiger partial charge in [0.15, 0.2) is 5.16 Å². The number of hydrogen-bond donors (Lipinski definition) is 2. The Balaban J connectivity index is 1.44. The van der Waals surface area contributed by atoms with Crippen LogP contribution in [-0.4, -0.2) is 21.3 Å². The lowest BCUT2D eigenvalue weighted by Gasteiger charge is -2.08. The van der Waals surface area contributed by atoms with Gasteiger partial charge in [0.1, 0.15) is 0 Å². The highest BCUT2D eigenvalue weighted by atomic mass is 32.2. The van der Waals surface area contributed by atoms with Gasteiger partial charge >= 0.3 is 0 Å². The van der Waals surface area contributed by atoms with E-state index in [2.05, 4.69) is 10.3 Å². The Kier molecular flexibility index (Phi) is 4.80. The largest absolute Gasteiger partial charge is 0.337 e. The first-order chi connectivity index (χ1) is 13.2. The third kappa shape index (κ3) is 3.80. The van der Waals surface area contributed by atoms with Gasteiger partial charge in [-0.05, 0) is 11.5 Å². The van der Waals surface area contributed by atoms with Crippen LogP contribution in [0.1, 0.15) is 0 Å². The monoisotopic (exact) mass is 374 g/mol. The molecule has 0 spiro atoms. The van der Waals surface area contributed by atoms with Gasteiger partial charge in [-0.1, -0.05) is 78.5 Å². The van der Waals surface area contributed by atoms with Gasteiger partial charge < -0.3 is 11.2 Å². The van der Waals surface area contributed by atoms with Crippen molar-refractivity contribution in [2.24, 2.45) is 0 Å². The van der Waals surface area contributed by atoms with Crippen molar-refractivity contribution in [1.82, 2.24) is 9.66 Å². The number of nitrogens with zero attached hydrogens (tertiary/aromatic N) is 2. The van der Waals surface area contributed by atoms with Crippen LogP contribution in [0, 0.1) is 0 Å². The number of imidazole rings is 1. The number of nitrogens with two attached hydrogens (primary N) is 1. The molecule has 4 rings (SSSR count). The standard InChI is InChI=1S/C21H18N4OS/c22-25-13-19(16-8-2-1-3-9-16)24-21(25)27-14-20(26)23-18-12-6-10-15-7-4-5-11-17(15)18/h1-13H,14,22H2,(H,23,26). The molecule has 0 atom stereocenters. The highest BCUT2D eigenvalue weighted by Gasteiger charge is 2.12. The molecular formula is C21H18N4OS. The molecule has 3 aromatic carbocycles. The molecule has 0 aliphatic rings. The Hall–Kier alpha value is -3.25. The van der Waals surface area contributed by atoms with Crippen molar-refractivity contribution in [3.63, 3.8) is 0 Å². The van der Waals surface area contributed by atoms with Crippen LogP contribution in [0.5, 0.6) is 0 Å². The van der Waals surface area contributed by atoms with E-state index in [9.17, 15) is 4.79 Å². The van der Waals surface area contributed by atoms with Crippen LogP contribution in [0.15, 0.2) is 84.1 Å². The zero-order chi connectivity index (χ0) is 18.6. The van der Waals surface area contributed by atoms with Crippen molar-refractivity contribution < 1.29 is 4.79 Å². The Morgan fingerprint density at radius 1 is 1.00 bits per heavy atom. The highest BCUT2D eigenvalue weighted by Crippen LogP contribution is 2.25. The first-order valence-corrected chi connectivity index (χ1v) is 9.49. The average molecular weight is 374 g/mol. The van der Waals surface area contributed by atoms with Crippen LogP contribution in [0.3, 0.4) is 0 Å². The first-order valence-electron chi connectivity index (χ1n) is 8.51. The van der Waals surface area contributed by atoms with Gasteiger partial charge in [0, 0.05) is 16.6 Å². The summed E-state index contributed by atoms with van der Waals surface area (Å²) in [4.78, 5) is 16.9. The minimum absolute atomic E-state index is 0.0967. The van der Waals surface area contributed by atoms with Crippen molar-refractivity contribution in [3.8, 4) is 11.3 Å².